The van der Waals surface area contributed by atoms with E-state index in [1.165, 1.54) is 0 Å². The Morgan fingerprint density at radius 3 is 2.72 bits per heavy atom. The molecule has 3 aromatic rings. The van der Waals surface area contributed by atoms with Gasteiger partial charge in [0.1, 0.15) is 5.69 Å². The molecular formula is C19H23N5O. The van der Waals surface area contributed by atoms with Crippen molar-refractivity contribution in [2.24, 2.45) is 7.05 Å². The minimum Gasteiger partial charge on any atom is -0.335 e. The number of hydrogen-bond donors (Lipinski definition) is 1. The smallest absolute Gasteiger partial charge is 0.272 e. The van der Waals surface area contributed by atoms with Crippen LogP contribution in [0.25, 0.3) is 11.3 Å². The number of aromatic amines is 1. The summed E-state index contributed by atoms with van der Waals surface area (Å²) in [5, 5.41) is 11.8. The lowest BCUT2D eigenvalue weighted by Gasteiger charge is -2.15. The zero-order valence-electron chi connectivity index (χ0n) is 14.9. The second kappa shape index (κ2) is 7.34. The predicted molar refractivity (Wildman–Crippen MR) is 97.0 cm³/mol. The van der Waals surface area contributed by atoms with Crippen molar-refractivity contribution in [2.75, 3.05) is 7.05 Å². The van der Waals surface area contributed by atoms with Crippen molar-refractivity contribution >= 4 is 5.91 Å². The van der Waals surface area contributed by atoms with Gasteiger partial charge in [-0.05, 0) is 18.6 Å². The molecule has 25 heavy (non-hydrogen) atoms. The lowest BCUT2D eigenvalue weighted by molar-refractivity contribution is 0.0772. The number of hydrogen-bond acceptors (Lipinski definition) is 3. The summed E-state index contributed by atoms with van der Waals surface area (Å²) in [6.45, 7) is 2.57. The van der Waals surface area contributed by atoms with Crippen molar-refractivity contribution in [1.29, 1.82) is 0 Å². The quantitative estimate of drug-likeness (QED) is 0.752. The van der Waals surface area contributed by atoms with Gasteiger partial charge in [0.15, 0.2) is 0 Å². The monoisotopic (exact) mass is 337 g/mol. The van der Waals surface area contributed by atoms with Gasteiger partial charge in [-0.15, -0.1) is 0 Å². The van der Waals surface area contributed by atoms with Crippen molar-refractivity contribution in [2.45, 2.75) is 26.3 Å². The highest BCUT2D eigenvalue weighted by Crippen LogP contribution is 2.18. The largest absolute Gasteiger partial charge is 0.335 e. The molecule has 0 aliphatic rings. The van der Waals surface area contributed by atoms with Crippen LogP contribution in [-0.2, 0) is 20.0 Å². The molecule has 0 radical (unpaired) electrons. The fraction of sp³-hybridized carbons (Fsp3) is 0.316. The van der Waals surface area contributed by atoms with E-state index in [0.29, 0.717) is 12.2 Å². The van der Waals surface area contributed by atoms with E-state index in [-0.39, 0.29) is 5.91 Å². The van der Waals surface area contributed by atoms with Crippen LogP contribution in [-0.4, -0.2) is 37.8 Å². The summed E-state index contributed by atoms with van der Waals surface area (Å²) < 4.78 is 1.66. The number of carbonyl (C=O) groups excluding carboxylic acids is 1. The maximum Gasteiger partial charge on any atom is 0.272 e. The van der Waals surface area contributed by atoms with E-state index >= 15 is 0 Å². The van der Waals surface area contributed by atoms with E-state index in [4.69, 9.17) is 0 Å². The van der Waals surface area contributed by atoms with Crippen molar-refractivity contribution in [3.63, 3.8) is 0 Å². The molecule has 0 bridgehead atoms. The molecule has 0 spiro atoms. The first-order chi connectivity index (χ1) is 12.1. The number of carbonyl (C=O) groups is 1. The molecule has 2 aromatic heterocycles. The molecular weight excluding hydrogens is 314 g/mol. The number of rotatable bonds is 6. The second-order valence-electron chi connectivity index (χ2n) is 6.20. The third-order valence-corrected chi connectivity index (χ3v) is 4.11. The topological polar surface area (TPSA) is 66.8 Å². The first-order valence-electron chi connectivity index (χ1n) is 8.46. The molecule has 1 aromatic carbocycles. The molecule has 0 saturated carbocycles. The average molecular weight is 337 g/mol. The predicted octanol–water partition coefficient (Wildman–Crippen LogP) is 3.03. The summed E-state index contributed by atoms with van der Waals surface area (Å²) in [5.74, 6) is -0.0479. The third-order valence-electron chi connectivity index (χ3n) is 4.11. The van der Waals surface area contributed by atoms with Gasteiger partial charge in [0.05, 0.1) is 23.6 Å². The van der Waals surface area contributed by atoms with Gasteiger partial charge in [-0.3, -0.25) is 14.6 Å². The first kappa shape index (κ1) is 17.0. The van der Waals surface area contributed by atoms with Crippen LogP contribution in [0.15, 0.2) is 42.5 Å². The van der Waals surface area contributed by atoms with E-state index in [1.54, 1.807) is 16.6 Å². The minimum absolute atomic E-state index is 0.0479. The van der Waals surface area contributed by atoms with Crippen LogP contribution >= 0.6 is 0 Å². The van der Waals surface area contributed by atoms with Gasteiger partial charge < -0.3 is 4.90 Å². The lowest BCUT2D eigenvalue weighted by atomic mass is 10.1. The van der Waals surface area contributed by atoms with Gasteiger partial charge >= 0.3 is 0 Å². The highest BCUT2D eigenvalue weighted by molar-refractivity contribution is 5.92. The molecule has 0 saturated heterocycles. The normalized spacial score (nSPS) is 10.8. The Hall–Kier alpha value is -2.89. The van der Waals surface area contributed by atoms with Crippen LogP contribution in [0.3, 0.4) is 0 Å². The van der Waals surface area contributed by atoms with Gasteiger partial charge in [0, 0.05) is 19.7 Å². The standard InChI is InChI=1S/C19H23N5O/c1-4-8-15-12-18(24(3)22-15)19(25)23(2)13-16-11-17(21-20-16)14-9-6-5-7-10-14/h5-7,9-12H,4,8,13H2,1-3H3,(H,20,21). The Bertz CT molecular complexity index is 850. The van der Waals surface area contributed by atoms with Crippen LogP contribution in [0.1, 0.15) is 35.2 Å². The van der Waals surface area contributed by atoms with Gasteiger partial charge in [-0.1, -0.05) is 43.7 Å². The van der Waals surface area contributed by atoms with E-state index in [0.717, 1.165) is 35.5 Å². The molecule has 0 atom stereocenters. The molecule has 0 aliphatic heterocycles. The summed E-state index contributed by atoms with van der Waals surface area (Å²) in [6.07, 6.45) is 1.89. The lowest BCUT2D eigenvalue weighted by Crippen LogP contribution is -2.28. The minimum atomic E-state index is -0.0479. The summed E-state index contributed by atoms with van der Waals surface area (Å²) in [7, 11) is 3.60. The Labute approximate surface area is 147 Å². The third kappa shape index (κ3) is 3.79. The van der Waals surface area contributed by atoms with Crippen molar-refractivity contribution in [3.8, 4) is 11.3 Å². The van der Waals surface area contributed by atoms with E-state index in [2.05, 4.69) is 22.2 Å². The molecule has 130 valence electrons. The number of amides is 1. The Morgan fingerprint density at radius 2 is 2.00 bits per heavy atom. The molecule has 3 rings (SSSR count). The van der Waals surface area contributed by atoms with Crippen LogP contribution in [0.5, 0.6) is 0 Å². The number of benzene rings is 1. The first-order valence-corrected chi connectivity index (χ1v) is 8.46. The summed E-state index contributed by atoms with van der Waals surface area (Å²) in [6, 6.07) is 13.8. The van der Waals surface area contributed by atoms with Crippen LogP contribution in [0.2, 0.25) is 0 Å². The molecule has 6 nitrogen and oxygen atoms in total. The summed E-state index contributed by atoms with van der Waals surface area (Å²) >= 11 is 0. The number of H-pyrrole nitrogens is 1. The fourth-order valence-electron chi connectivity index (χ4n) is 2.83. The number of aryl methyl sites for hydroxylation is 2. The second-order valence-corrected chi connectivity index (χ2v) is 6.20. The molecule has 1 amide bonds. The van der Waals surface area contributed by atoms with Gasteiger partial charge in [-0.25, -0.2) is 0 Å². The molecule has 0 unspecified atom stereocenters. The van der Waals surface area contributed by atoms with E-state index in [1.807, 2.05) is 49.5 Å². The van der Waals surface area contributed by atoms with E-state index in [9.17, 15) is 4.79 Å². The van der Waals surface area contributed by atoms with Gasteiger partial charge in [-0.2, -0.15) is 10.2 Å². The number of nitrogens with one attached hydrogen (secondary N) is 1. The van der Waals surface area contributed by atoms with Crippen molar-refractivity contribution in [1.82, 2.24) is 24.9 Å². The molecule has 2 heterocycles. The molecule has 1 N–H and O–H groups in total. The van der Waals surface area contributed by atoms with Crippen LogP contribution in [0.4, 0.5) is 0 Å². The zero-order valence-corrected chi connectivity index (χ0v) is 14.9. The fourth-order valence-corrected chi connectivity index (χ4v) is 2.83. The molecule has 0 aliphatic carbocycles. The van der Waals surface area contributed by atoms with Crippen LogP contribution in [0, 0.1) is 0 Å². The average Bonchev–Trinajstić information content (AvgIpc) is 3.22. The van der Waals surface area contributed by atoms with Gasteiger partial charge in [0.25, 0.3) is 5.91 Å². The zero-order chi connectivity index (χ0) is 17.8. The van der Waals surface area contributed by atoms with Crippen LogP contribution < -0.4 is 0 Å². The van der Waals surface area contributed by atoms with E-state index < -0.39 is 0 Å². The highest BCUT2D eigenvalue weighted by Gasteiger charge is 2.18. The number of nitrogens with zero attached hydrogens (tertiary/aromatic N) is 4. The highest BCUT2D eigenvalue weighted by atomic mass is 16.2. The molecule has 0 fully saturated rings. The SMILES string of the molecule is CCCc1cc(C(=O)N(C)Cc2cc(-c3ccccc3)n[nH]2)n(C)n1. The Balaban J connectivity index is 1.71. The van der Waals surface area contributed by atoms with Gasteiger partial charge in [0.2, 0.25) is 0 Å². The molecule has 6 heteroatoms. The maximum atomic E-state index is 12.7. The maximum absolute atomic E-state index is 12.7. The van der Waals surface area contributed by atoms with Crippen molar-refractivity contribution in [3.05, 3.63) is 59.5 Å². The van der Waals surface area contributed by atoms with Crippen molar-refractivity contribution < 1.29 is 4.79 Å². The Morgan fingerprint density at radius 1 is 1.24 bits per heavy atom. The Kier molecular flexibility index (Phi) is 4.97. The summed E-state index contributed by atoms with van der Waals surface area (Å²) in [4.78, 5) is 14.4. The summed E-state index contributed by atoms with van der Waals surface area (Å²) in [5.41, 5.74) is 4.38. The number of aromatic nitrogens is 4.